The van der Waals surface area contributed by atoms with Crippen LogP contribution in [-0.4, -0.2) is 32.8 Å². The van der Waals surface area contributed by atoms with Crippen LogP contribution in [0.5, 0.6) is 0 Å². The second-order valence-electron chi connectivity index (χ2n) is 8.19. The zero-order valence-electron chi connectivity index (χ0n) is 17.6. The van der Waals surface area contributed by atoms with E-state index in [1.54, 1.807) is 30.9 Å². The van der Waals surface area contributed by atoms with Crippen LogP contribution in [0.4, 0.5) is 18.9 Å². The number of benzene rings is 1. The highest BCUT2D eigenvalue weighted by Gasteiger charge is 2.34. The maximum absolute atomic E-state index is 13.4. The van der Waals surface area contributed by atoms with Gasteiger partial charge in [0.05, 0.1) is 16.8 Å². The Morgan fingerprint density at radius 3 is 2.66 bits per heavy atom. The van der Waals surface area contributed by atoms with Gasteiger partial charge in [-0.2, -0.15) is 18.3 Å². The quantitative estimate of drug-likeness (QED) is 0.562. The van der Waals surface area contributed by atoms with E-state index in [0.29, 0.717) is 33.8 Å². The highest BCUT2D eigenvalue weighted by Crippen LogP contribution is 2.35. The number of nitrogens with zero attached hydrogens (tertiary/aromatic N) is 3. The fourth-order valence-electron chi connectivity index (χ4n) is 4.22. The van der Waals surface area contributed by atoms with Gasteiger partial charge in [-0.3, -0.25) is 9.48 Å². The number of halogens is 4. The number of hydrogen-bond donors (Lipinski definition) is 2. The number of rotatable bonds is 4. The Bertz CT molecular complexity index is 1160. The molecule has 0 unspecified atom stereocenters. The third-order valence-corrected chi connectivity index (χ3v) is 5.92. The van der Waals surface area contributed by atoms with Gasteiger partial charge in [-0.25, -0.2) is 4.98 Å². The van der Waals surface area contributed by atoms with Gasteiger partial charge < -0.3 is 10.6 Å². The van der Waals surface area contributed by atoms with Crippen LogP contribution in [0.15, 0.2) is 30.5 Å². The van der Waals surface area contributed by atoms with Crippen molar-refractivity contribution in [3.8, 4) is 0 Å². The number of aryl methyl sites for hydroxylation is 2. The van der Waals surface area contributed by atoms with Crippen molar-refractivity contribution in [2.45, 2.75) is 50.9 Å². The van der Waals surface area contributed by atoms with Crippen LogP contribution in [-0.2, 0) is 13.2 Å². The Morgan fingerprint density at radius 2 is 1.97 bits per heavy atom. The first kappa shape index (κ1) is 22.4. The number of carbonyl (C=O) groups is 1. The highest BCUT2D eigenvalue weighted by atomic mass is 35.5. The zero-order valence-corrected chi connectivity index (χ0v) is 18.4. The normalized spacial score (nSPS) is 19.2. The first-order chi connectivity index (χ1) is 15.1. The Kier molecular flexibility index (Phi) is 6.03. The van der Waals surface area contributed by atoms with Crippen LogP contribution in [0.25, 0.3) is 10.9 Å². The van der Waals surface area contributed by atoms with Crippen molar-refractivity contribution in [2.24, 2.45) is 7.05 Å². The lowest BCUT2D eigenvalue weighted by Gasteiger charge is -2.31. The lowest BCUT2D eigenvalue weighted by molar-refractivity contribution is -0.140. The minimum Gasteiger partial charge on any atom is -0.382 e. The number of nitrogens with one attached hydrogen (secondary N) is 2. The van der Waals surface area contributed by atoms with Gasteiger partial charge in [0.25, 0.3) is 5.91 Å². The number of alkyl halides is 3. The molecule has 1 aliphatic rings. The molecule has 6 nitrogen and oxygen atoms in total. The molecule has 1 fully saturated rings. The van der Waals surface area contributed by atoms with E-state index in [9.17, 15) is 18.0 Å². The number of amides is 1. The molecule has 2 atom stereocenters. The van der Waals surface area contributed by atoms with Crippen molar-refractivity contribution < 1.29 is 18.0 Å². The molecule has 1 amide bonds. The summed E-state index contributed by atoms with van der Waals surface area (Å²) >= 11 is 6.08. The molecule has 0 aliphatic heterocycles. The van der Waals surface area contributed by atoms with Gasteiger partial charge in [0.2, 0.25) is 0 Å². The lowest BCUT2D eigenvalue weighted by atomic mass is 9.90. The molecule has 32 heavy (non-hydrogen) atoms. The standard InChI is InChI=1S/C22H23ClF3N5O/c1-12-17(11-31(2)30-12)21(32)28-15-5-3-4-14(9-15)27-19-10-20(22(24,25)26)29-18-7-6-13(23)8-16(18)19/h6-8,10-11,14-15H,3-5,9H2,1-2H3,(H,27,29)(H,28,32)/t14-,15+/m0/s1. The zero-order chi connectivity index (χ0) is 23.0. The average molecular weight is 466 g/mol. The van der Waals surface area contributed by atoms with Crippen molar-refractivity contribution in [3.63, 3.8) is 0 Å². The predicted molar refractivity (Wildman–Crippen MR) is 117 cm³/mol. The maximum atomic E-state index is 13.4. The Labute approximate surface area is 188 Å². The Hall–Kier alpha value is -2.81. The first-order valence-corrected chi connectivity index (χ1v) is 10.7. The Balaban J connectivity index is 1.54. The first-order valence-electron chi connectivity index (χ1n) is 10.4. The monoisotopic (exact) mass is 465 g/mol. The number of hydrogen-bond acceptors (Lipinski definition) is 4. The predicted octanol–water partition coefficient (Wildman–Crippen LogP) is 5.10. The lowest BCUT2D eigenvalue weighted by Crippen LogP contribution is -2.42. The van der Waals surface area contributed by atoms with Gasteiger partial charge in [-0.1, -0.05) is 11.6 Å². The molecule has 2 heterocycles. The Morgan fingerprint density at radius 1 is 1.22 bits per heavy atom. The summed E-state index contributed by atoms with van der Waals surface area (Å²) in [5, 5.41) is 11.4. The molecule has 0 saturated heterocycles. The number of carbonyl (C=O) groups excluding carboxylic acids is 1. The molecular weight excluding hydrogens is 443 g/mol. The minimum absolute atomic E-state index is 0.0906. The van der Waals surface area contributed by atoms with E-state index in [1.165, 1.54) is 12.1 Å². The topological polar surface area (TPSA) is 71.8 Å². The SMILES string of the molecule is Cc1nn(C)cc1C(=O)N[C@@H]1CCC[C@H](Nc2cc(C(F)(F)F)nc3ccc(Cl)cc23)C1. The molecule has 1 saturated carbocycles. The molecule has 0 bridgehead atoms. The fraction of sp³-hybridized carbons (Fsp3) is 0.409. The van der Waals surface area contributed by atoms with Crippen molar-refractivity contribution in [3.05, 3.63) is 52.4 Å². The number of anilines is 1. The summed E-state index contributed by atoms with van der Waals surface area (Å²) in [5.74, 6) is -0.193. The molecule has 0 spiro atoms. The summed E-state index contributed by atoms with van der Waals surface area (Å²) in [7, 11) is 1.75. The van der Waals surface area contributed by atoms with E-state index in [4.69, 9.17) is 11.6 Å². The second kappa shape index (κ2) is 8.61. The van der Waals surface area contributed by atoms with E-state index in [2.05, 4.69) is 20.7 Å². The van der Waals surface area contributed by atoms with Crippen LogP contribution in [0, 0.1) is 6.92 Å². The summed E-state index contributed by atoms with van der Waals surface area (Å²) < 4.78 is 41.7. The summed E-state index contributed by atoms with van der Waals surface area (Å²) in [6.07, 6.45) is 0.134. The van der Waals surface area contributed by atoms with Crippen LogP contribution in [0.3, 0.4) is 0 Å². The van der Waals surface area contributed by atoms with Gasteiger partial charge in [0, 0.05) is 41.4 Å². The van der Waals surface area contributed by atoms with E-state index >= 15 is 0 Å². The summed E-state index contributed by atoms with van der Waals surface area (Å²) in [4.78, 5) is 16.4. The molecular formula is C22H23ClF3N5O. The molecule has 1 aromatic carbocycles. The smallest absolute Gasteiger partial charge is 0.382 e. The molecule has 10 heteroatoms. The third-order valence-electron chi connectivity index (χ3n) is 5.69. The van der Waals surface area contributed by atoms with Crippen LogP contribution in [0.2, 0.25) is 5.02 Å². The molecule has 3 aromatic rings. The summed E-state index contributed by atoms with van der Waals surface area (Å²) in [5.41, 5.74) is 0.773. The van der Waals surface area contributed by atoms with Crippen LogP contribution in [0.1, 0.15) is 47.4 Å². The largest absolute Gasteiger partial charge is 0.433 e. The highest BCUT2D eigenvalue weighted by molar-refractivity contribution is 6.31. The van der Waals surface area contributed by atoms with Crippen molar-refractivity contribution >= 4 is 34.1 Å². The van der Waals surface area contributed by atoms with E-state index in [1.807, 2.05) is 0 Å². The summed E-state index contributed by atoms with van der Waals surface area (Å²) in [6, 6.07) is 5.45. The molecule has 1 aliphatic carbocycles. The van der Waals surface area contributed by atoms with E-state index < -0.39 is 11.9 Å². The maximum Gasteiger partial charge on any atom is 0.433 e. The van der Waals surface area contributed by atoms with Crippen LogP contribution >= 0.6 is 11.6 Å². The van der Waals surface area contributed by atoms with E-state index in [0.717, 1.165) is 25.3 Å². The van der Waals surface area contributed by atoms with E-state index in [-0.39, 0.29) is 23.5 Å². The number of aromatic nitrogens is 3. The van der Waals surface area contributed by atoms with Crippen molar-refractivity contribution in [1.29, 1.82) is 0 Å². The van der Waals surface area contributed by atoms with Gasteiger partial charge in [0.1, 0.15) is 5.69 Å². The molecule has 4 rings (SSSR count). The van der Waals surface area contributed by atoms with Gasteiger partial charge >= 0.3 is 6.18 Å². The second-order valence-corrected chi connectivity index (χ2v) is 8.63. The van der Waals surface area contributed by atoms with Crippen molar-refractivity contribution in [2.75, 3.05) is 5.32 Å². The average Bonchev–Trinajstić information content (AvgIpc) is 3.06. The van der Waals surface area contributed by atoms with Gasteiger partial charge in [0.15, 0.2) is 0 Å². The number of pyridine rings is 1. The van der Waals surface area contributed by atoms with Crippen molar-refractivity contribution in [1.82, 2.24) is 20.1 Å². The number of fused-ring (bicyclic) bond motifs is 1. The van der Waals surface area contributed by atoms with Crippen LogP contribution < -0.4 is 10.6 Å². The summed E-state index contributed by atoms with van der Waals surface area (Å²) in [6.45, 7) is 1.78. The molecule has 0 radical (unpaired) electrons. The van der Waals surface area contributed by atoms with Gasteiger partial charge in [-0.05, 0) is 56.9 Å². The minimum atomic E-state index is -4.56. The fourth-order valence-corrected chi connectivity index (χ4v) is 4.39. The molecule has 2 N–H and O–H groups in total. The molecule has 2 aromatic heterocycles. The van der Waals surface area contributed by atoms with Gasteiger partial charge in [-0.15, -0.1) is 0 Å². The molecule has 170 valence electrons. The third kappa shape index (κ3) is 4.82.